The average Bonchev–Trinajstić information content (AvgIpc) is 2.82. The third-order valence-electron chi connectivity index (χ3n) is 8.10. The molecule has 0 aromatic rings. The Bertz CT molecular complexity index is 594. The molecule has 0 aromatic heterocycles. The van der Waals surface area contributed by atoms with Crippen LogP contribution in [0.3, 0.4) is 0 Å². The molecule has 0 aliphatic heterocycles. The van der Waals surface area contributed by atoms with Crippen molar-refractivity contribution in [1.29, 1.82) is 0 Å². The molecule has 5 heteroatoms. The second-order valence-corrected chi connectivity index (χ2v) is 15.4. The summed E-state index contributed by atoms with van der Waals surface area (Å²) < 4.78 is 12.5. The number of hydrogen-bond acceptors (Lipinski definition) is 3. The van der Waals surface area contributed by atoms with Gasteiger partial charge in [-0.15, -0.1) is 0 Å². The Balaban J connectivity index is 2.38. The number of hydrogen-bond donors (Lipinski definition) is 1. The lowest BCUT2D eigenvalue weighted by Gasteiger charge is -2.52. The first-order valence-corrected chi connectivity index (χ1v) is 13.3. The van der Waals surface area contributed by atoms with Crippen LogP contribution in [0.25, 0.3) is 0 Å². The van der Waals surface area contributed by atoms with E-state index in [9.17, 15) is 9.90 Å². The maximum atomic E-state index is 12.7. The van der Waals surface area contributed by atoms with Crippen LogP contribution in [-0.4, -0.2) is 38.7 Å². The van der Waals surface area contributed by atoms with Crippen molar-refractivity contribution in [3.63, 3.8) is 0 Å². The Morgan fingerprint density at radius 3 is 2.33 bits per heavy atom. The van der Waals surface area contributed by atoms with Crippen molar-refractivity contribution < 1.29 is 19.1 Å². The predicted octanol–water partition coefficient (Wildman–Crippen LogP) is 5.64. The summed E-state index contributed by atoms with van der Waals surface area (Å²) in [5, 5.41) is 10.5. The molecule has 0 heterocycles. The fraction of sp³-hybridized carbons (Fsp3) is 0.864. The SMILES string of the molecule is C=C1[C@@H](O[Si](C)(C)C(C)(C)C)CC[C@]1(C)[C@]1(C(=O)O)CC[C@H](C)C[C@@H]1OC. The second-order valence-electron chi connectivity index (χ2n) is 10.6. The minimum atomic E-state index is -1.95. The molecule has 0 saturated heterocycles. The second kappa shape index (κ2) is 7.31. The highest BCUT2D eigenvalue weighted by Gasteiger charge is 2.64. The first kappa shape index (κ1) is 22.6. The predicted molar refractivity (Wildman–Crippen MR) is 112 cm³/mol. The summed E-state index contributed by atoms with van der Waals surface area (Å²) in [5.74, 6) is -0.252. The number of carboxylic acid groups (broad SMARTS) is 1. The minimum absolute atomic E-state index is 0.0519. The Kier molecular flexibility index (Phi) is 6.13. The zero-order valence-electron chi connectivity index (χ0n) is 18.6. The molecule has 4 nitrogen and oxygen atoms in total. The molecule has 27 heavy (non-hydrogen) atoms. The van der Waals surface area contributed by atoms with Crippen molar-refractivity contribution in [2.75, 3.05) is 7.11 Å². The van der Waals surface area contributed by atoms with Crippen LogP contribution in [0.2, 0.25) is 18.1 Å². The lowest BCUT2D eigenvalue weighted by Crippen LogP contribution is -2.57. The van der Waals surface area contributed by atoms with E-state index in [0.717, 1.165) is 31.3 Å². The Labute approximate surface area is 166 Å². The van der Waals surface area contributed by atoms with Gasteiger partial charge in [-0.05, 0) is 61.7 Å². The van der Waals surface area contributed by atoms with Crippen LogP contribution < -0.4 is 0 Å². The van der Waals surface area contributed by atoms with Crippen LogP contribution in [0.15, 0.2) is 12.2 Å². The maximum absolute atomic E-state index is 12.7. The summed E-state index contributed by atoms with van der Waals surface area (Å²) in [6, 6.07) is 0. The van der Waals surface area contributed by atoms with Crippen LogP contribution in [0.5, 0.6) is 0 Å². The molecule has 1 N–H and O–H groups in total. The number of carbonyl (C=O) groups is 1. The first-order valence-electron chi connectivity index (χ1n) is 10.4. The fourth-order valence-electron chi connectivity index (χ4n) is 5.01. The van der Waals surface area contributed by atoms with E-state index >= 15 is 0 Å². The summed E-state index contributed by atoms with van der Waals surface area (Å²) in [6.45, 7) is 19.9. The molecule has 2 aliphatic carbocycles. The van der Waals surface area contributed by atoms with E-state index in [4.69, 9.17) is 9.16 Å². The molecular weight excluding hydrogens is 356 g/mol. The van der Waals surface area contributed by atoms with E-state index in [0.29, 0.717) is 12.3 Å². The summed E-state index contributed by atoms with van der Waals surface area (Å²) in [5.41, 5.74) is -0.463. The van der Waals surface area contributed by atoms with E-state index in [1.165, 1.54) is 0 Å². The molecule has 156 valence electrons. The number of rotatable bonds is 5. The highest BCUT2D eigenvalue weighted by Crippen LogP contribution is 2.62. The summed E-state index contributed by atoms with van der Waals surface area (Å²) in [7, 11) is -0.293. The summed E-state index contributed by atoms with van der Waals surface area (Å²) in [4.78, 5) is 12.7. The first-order chi connectivity index (χ1) is 12.2. The van der Waals surface area contributed by atoms with Gasteiger partial charge in [-0.2, -0.15) is 0 Å². The van der Waals surface area contributed by atoms with E-state index < -0.39 is 25.1 Å². The Morgan fingerprint density at radius 1 is 1.26 bits per heavy atom. The van der Waals surface area contributed by atoms with Crippen molar-refractivity contribution in [3.8, 4) is 0 Å². The molecule has 0 bridgehead atoms. The molecular formula is C22H40O4Si. The molecule has 2 aliphatic rings. The standard InChI is InChI=1S/C22H40O4Si/c1-15-10-13-22(19(23)24,18(14-15)25-7)21(6)12-11-17(16(21)2)26-27(8,9)20(3,4)5/h15,17-18H,2,10-14H2,1,3-9H3,(H,23,24)/t15-,17-,18-,21-,22+/m0/s1. The largest absolute Gasteiger partial charge is 0.481 e. The van der Waals surface area contributed by atoms with Gasteiger partial charge in [-0.3, -0.25) is 4.79 Å². The van der Waals surface area contributed by atoms with Crippen LogP contribution in [-0.2, 0) is 14.0 Å². The van der Waals surface area contributed by atoms with Gasteiger partial charge in [-0.25, -0.2) is 0 Å². The number of methoxy groups -OCH3 is 1. The van der Waals surface area contributed by atoms with Crippen LogP contribution >= 0.6 is 0 Å². The zero-order chi connectivity index (χ0) is 20.8. The Hall–Kier alpha value is -0.653. The lowest BCUT2D eigenvalue weighted by molar-refractivity contribution is -0.179. The maximum Gasteiger partial charge on any atom is 0.313 e. The molecule has 0 radical (unpaired) electrons. The van der Waals surface area contributed by atoms with Gasteiger partial charge in [0.15, 0.2) is 8.32 Å². The number of ether oxygens (including phenoxy) is 1. The van der Waals surface area contributed by atoms with Gasteiger partial charge >= 0.3 is 5.97 Å². The highest BCUT2D eigenvalue weighted by molar-refractivity contribution is 6.74. The van der Waals surface area contributed by atoms with Crippen LogP contribution in [0.4, 0.5) is 0 Å². The molecule has 0 aromatic carbocycles. The van der Waals surface area contributed by atoms with Gasteiger partial charge in [0, 0.05) is 12.5 Å². The van der Waals surface area contributed by atoms with Gasteiger partial charge in [-0.1, -0.05) is 41.2 Å². The van der Waals surface area contributed by atoms with Gasteiger partial charge in [0.25, 0.3) is 0 Å². The van der Waals surface area contributed by atoms with Crippen LogP contribution in [0.1, 0.15) is 66.7 Å². The smallest absolute Gasteiger partial charge is 0.313 e. The van der Waals surface area contributed by atoms with Crippen LogP contribution in [0, 0.1) is 16.7 Å². The number of aliphatic carboxylic acids is 1. The fourth-order valence-corrected chi connectivity index (χ4v) is 6.34. The normalized spacial score (nSPS) is 38.2. The minimum Gasteiger partial charge on any atom is -0.481 e. The van der Waals surface area contributed by atoms with Crippen molar-refractivity contribution in [2.45, 2.75) is 97.1 Å². The number of carboxylic acids is 1. The van der Waals surface area contributed by atoms with Crippen molar-refractivity contribution in [2.24, 2.45) is 16.7 Å². The zero-order valence-corrected chi connectivity index (χ0v) is 19.6. The van der Waals surface area contributed by atoms with Crippen molar-refractivity contribution in [1.82, 2.24) is 0 Å². The van der Waals surface area contributed by atoms with Gasteiger partial charge in [0.2, 0.25) is 0 Å². The summed E-state index contributed by atoms with van der Waals surface area (Å²) >= 11 is 0. The van der Waals surface area contributed by atoms with Gasteiger partial charge in [0.1, 0.15) is 5.41 Å². The van der Waals surface area contributed by atoms with Gasteiger partial charge < -0.3 is 14.3 Å². The quantitative estimate of drug-likeness (QED) is 0.483. The van der Waals surface area contributed by atoms with E-state index in [1.807, 2.05) is 0 Å². The monoisotopic (exact) mass is 396 g/mol. The molecule has 0 amide bonds. The van der Waals surface area contributed by atoms with E-state index in [1.54, 1.807) is 7.11 Å². The molecule has 0 unspecified atom stereocenters. The van der Waals surface area contributed by atoms with E-state index in [-0.39, 0.29) is 17.2 Å². The van der Waals surface area contributed by atoms with Crippen molar-refractivity contribution in [3.05, 3.63) is 12.2 Å². The molecule has 0 spiro atoms. The molecule has 2 saturated carbocycles. The average molecular weight is 397 g/mol. The summed E-state index contributed by atoms with van der Waals surface area (Å²) in [6.07, 6.45) is 3.66. The van der Waals surface area contributed by atoms with Gasteiger partial charge in [0.05, 0.1) is 12.2 Å². The molecule has 2 rings (SSSR count). The molecule has 2 fully saturated rings. The van der Waals surface area contributed by atoms with Crippen molar-refractivity contribution >= 4 is 14.3 Å². The third kappa shape index (κ3) is 3.55. The van der Waals surface area contributed by atoms with E-state index in [2.05, 4.69) is 54.3 Å². The highest BCUT2D eigenvalue weighted by atomic mass is 28.4. The molecule has 5 atom stereocenters. The Morgan fingerprint density at radius 2 is 1.85 bits per heavy atom. The third-order valence-corrected chi connectivity index (χ3v) is 12.6. The lowest BCUT2D eigenvalue weighted by atomic mass is 9.53. The topological polar surface area (TPSA) is 55.8 Å².